The van der Waals surface area contributed by atoms with Gasteiger partial charge < -0.3 is 19.3 Å². The van der Waals surface area contributed by atoms with Crippen molar-refractivity contribution >= 4 is 17.5 Å². The topological polar surface area (TPSA) is 62.4 Å². The Balaban J connectivity index is 1.68. The van der Waals surface area contributed by atoms with Crippen molar-refractivity contribution in [2.45, 2.75) is 30.9 Å². The summed E-state index contributed by atoms with van der Waals surface area (Å²) in [5.74, 6) is -1.20. The molecule has 1 aromatic rings. The lowest BCUT2D eigenvalue weighted by Gasteiger charge is -2.14. The number of hydrogen-bond donors (Lipinski definition) is 0. The summed E-state index contributed by atoms with van der Waals surface area (Å²) in [6, 6.07) is 3.62. The minimum absolute atomic E-state index is 0.235. The molecule has 0 N–H and O–H groups in total. The maximum Gasteiger partial charge on any atom is 0.573 e. The molecular formula is C16H15F3N2O4. The molecule has 2 saturated heterocycles. The van der Waals surface area contributed by atoms with Crippen molar-refractivity contribution in [3.05, 3.63) is 23.8 Å². The molecule has 3 heterocycles. The Morgan fingerprint density at radius 1 is 1.32 bits per heavy atom. The number of carbonyl (C=O) groups is 2. The highest BCUT2D eigenvalue weighted by molar-refractivity contribution is 6.12. The molecule has 0 unspecified atom stereocenters. The van der Waals surface area contributed by atoms with Gasteiger partial charge in [-0.25, -0.2) is 0 Å². The lowest BCUT2D eigenvalue weighted by Crippen LogP contribution is -2.38. The fourth-order valence-electron chi connectivity index (χ4n) is 3.62. The summed E-state index contributed by atoms with van der Waals surface area (Å²) >= 11 is 0. The quantitative estimate of drug-likeness (QED) is 0.758. The number of rotatable bonds is 2. The number of hydrogen-bond acceptors (Lipinski definition) is 4. The van der Waals surface area contributed by atoms with Crippen LogP contribution in [0.5, 0.6) is 5.75 Å². The summed E-state index contributed by atoms with van der Waals surface area (Å²) in [6.45, 7) is 1.20. The molecule has 25 heavy (non-hydrogen) atoms. The number of alkyl halides is 3. The SMILES string of the molecule is CN1C(=O)[C@@]2(O[C@H]2C(=O)N2CCCC2)c2cc(OC(F)(F)F)ccc21. The molecule has 2 amide bonds. The normalized spacial score (nSPS) is 27.8. The van der Waals surface area contributed by atoms with Gasteiger partial charge in [0.25, 0.3) is 11.8 Å². The third-order valence-corrected chi connectivity index (χ3v) is 4.84. The van der Waals surface area contributed by atoms with E-state index in [0.29, 0.717) is 18.8 Å². The maximum absolute atomic E-state index is 12.6. The molecule has 1 aromatic carbocycles. The summed E-state index contributed by atoms with van der Waals surface area (Å²) in [5, 5.41) is 0. The summed E-state index contributed by atoms with van der Waals surface area (Å²) < 4.78 is 46.9. The van der Waals surface area contributed by atoms with Crippen molar-refractivity contribution in [2.75, 3.05) is 25.0 Å². The molecule has 9 heteroatoms. The molecule has 134 valence electrons. The van der Waals surface area contributed by atoms with Crippen LogP contribution in [-0.4, -0.2) is 49.3 Å². The van der Waals surface area contributed by atoms with Gasteiger partial charge in [0, 0.05) is 25.7 Å². The average molecular weight is 356 g/mol. The van der Waals surface area contributed by atoms with Crippen molar-refractivity contribution in [3.8, 4) is 5.75 Å². The maximum atomic E-state index is 12.6. The van der Waals surface area contributed by atoms with Gasteiger partial charge in [0.1, 0.15) is 5.75 Å². The molecule has 3 aliphatic heterocycles. The number of likely N-dealkylation sites (tertiary alicyclic amines) is 1. The van der Waals surface area contributed by atoms with E-state index in [9.17, 15) is 22.8 Å². The van der Waals surface area contributed by atoms with E-state index in [2.05, 4.69) is 4.74 Å². The molecule has 0 aromatic heterocycles. The fourth-order valence-corrected chi connectivity index (χ4v) is 3.62. The Hall–Kier alpha value is -2.29. The first kappa shape index (κ1) is 16.2. The van der Waals surface area contributed by atoms with Gasteiger partial charge in [-0.15, -0.1) is 13.2 Å². The standard InChI is InChI=1S/C16H15F3N2O4/c1-20-11-5-4-9(24-16(17,18)19)8-10(11)15(14(20)23)12(25-15)13(22)21-6-2-3-7-21/h4-5,8,12H,2-3,6-7H2,1H3/t12-,15+/m0/s1. The van der Waals surface area contributed by atoms with Crippen LogP contribution in [-0.2, 0) is 19.9 Å². The molecule has 4 rings (SSSR count). The molecule has 2 atom stereocenters. The third-order valence-electron chi connectivity index (χ3n) is 4.84. The van der Waals surface area contributed by atoms with E-state index in [1.807, 2.05) is 0 Å². The summed E-state index contributed by atoms with van der Waals surface area (Å²) in [7, 11) is 1.50. The minimum atomic E-state index is -4.84. The van der Waals surface area contributed by atoms with Gasteiger partial charge in [-0.2, -0.15) is 0 Å². The van der Waals surface area contributed by atoms with E-state index in [0.717, 1.165) is 25.0 Å². The Kier molecular flexibility index (Phi) is 3.31. The molecule has 0 bridgehead atoms. The fraction of sp³-hybridized carbons (Fsp3) is 0.500. The lowest BCUT2D eigenvalue weighted by molar-refractivity contribution is -0.274. The first-order chi connectivity index (χ1) is 11.7. The van der Waals surface area contributed by atoms with E-state index in [4.69, 9.17) is 4.74 Å². The highest BCUT2D eigenvalue weighted by Crippen LogP contribution is 2.56. The summed E-state index contributed by atoms with van der Waals surface area (Å²) in [6.07, 6.45) is -4.06. The van der Waals surface area contributed by atoms with Gasteiger partial charge in [-0.05, 0) is 31.0 Å². The van der Waals surface area contributed by atoms with Gasteiger partial charge in [0.15, 0.2) is 6.10 Å². The van der Waals surface area contributed by atoms with E-state index < -0.39 is 29.7 Å². The van der Waals surface area contributed by atoms with Gasteiger partial charge in [-0.3, -0.25) is 9.59 Å². The summed E-state index contributed by atoms with van der Waals surface area (Å²) in [4.78, 5) is 28.1. The summed E-state index contributed by atoms with van der Waals surface area (Å²) in [5.41, 5.74) is -0.884. The number of epoxide rings is 1. The van der Waals surface area contributed by atoms with Crippen LogP contribution in [0.2, 0.25) is 0 Å². The minimum Gasteiger partial charge on any atom is -0.406 e. The molecular weight excluding hydrogens is 341 g/mol. The number of anilines is 1. The van der Waals surface area contributed by atoms with Crippen LogP contribution in [0.4, 0.5) is 18.9 Å². The van der Waals surface area contributed by atoms with Gasteiger partial charge in [-0.1, -0.05) is 0 Å². The predicted molar refractivity (Wildman–Crippen MR) is 78.9 cm³/mol. The number of amides is 2. The van der Waals surface area contributed by atoms with Gasteiger partial charge >= 0.3 is 6.36 Å². The van der Waals surface area contributed by atoms with Crippen LogP contribution >= 0.6 is 0 Å². The number of benzene rings is 1. The van der Waals surface area contributed by atoms with E-state index >= 15 is 0 Å². The van der Waals surface area contributed by atoms with Crippen molar-refractivity contribution in [2.24, 2.45) is 0 Å². The second-order valence-corrected chi connectivity index (χ2v) is 6.36. The van der Waals surface area contributed by atoms with Crippen molar-refractivity contribution < 1.29 is 32.2 Å². The number of halogens is 3. The number of ether oxygens (including phenoxy) is 2. The van der Waals surface area contributed by atoms with Crippen molar-refractivity contribution in [1.29, 1.82) is 0 Å². The van der Waals surface area contributed by atoms with Crippen LogP contribution < -0.4 is 9.64 Å². The largest absolute Gasteiger partial charge is 0.573 e. The Labute approximate surface area is 141 Å². The molecule has 1 spiro atoms. The number of fused-ring (bicyclic) bond motifs is 2. The second-order valence-electron chi connectivity index (χ2n) is 6.36. The molecule has 0 aliphatic carbocycles. The lowest BCUT2D eigenvalue weighted by atomic mass is 9.96. The number of nitrogens with zero attached hydrogens (tertiary/aromatic N) is 2. The predicted octanol–water partition coefficient (Wildman–Crippen LogP) is 1.78. The van der Waals surface area contributed by atoms with Crippen LogP contribution in [0.3, 0.4) is 0 Å². The van der Waals surface area contributed by atoms with E-state index in [1.54, 1.807) is 4.90 Å². The first-order valence-electron chi connectivity index (χ1n) is 7.89. The Morgan fingerprint density at radius 3 is 2.64 bits per heavy atom. The monoisotopic (exact) mass is 356 g/mol. The van der Waals surface area contributed by atoms with Crippen LogP contribution in [0, 0.1) is 0 Å². The zero-order valence-electron chi connectivity index (χ0n) is 13.3. The van der Waals surface area contributed by atoms with Crippen LogP contribution in [0.15, 0.2) is 18.2 Å². The Bertz CT molecular complexity index is 760. The molecule has 3 aliphatic rings. The number of carbonyl (C=O) groups excluding carboxylic acids is 2. The van der Waals surface area contributed by atoms with Crippen molar-refractivity contribution in [3.63, 3.8) is 0 Å². The zero-order valence-corrected chi connectivity index (χ0v) is 13.3. The van der Waals surface area contributed by atoms with E-state index in [-0.39, 0.29) is 11.5 Å². The second kappa shape index (κ2) is 5.10. The first-order valence-corrected chi connectivity index (χ1v) is 7.89. The van der Waals surface area contributed by atoms with Gasteiger partial charge in [0.2, 0.25) is 5.60 Å². The molecule has 0 saturated carbocycles. The molecule has 0 radical (unpaired) electrons. The third kappa shape index (κ3) is 2.37. The van der Waals surface area contributed by atoms with Gasteiger partial charge in [0.05, 0.1) is 5.69 Å². The molecule has 2 fully saturated rings. The number of likely N-dealkylation sites (N-methyl/N-ethyl adjacent to an activating group) is 1. The highest BCUT2D eigenvalue weighted by atomic mass is 19.4. The Morgan fingerprint density at radius 2 is 2.00 bits per heavy atom. The van der Waals surface area contributed by atoms with Crippen LogP contribution in [0.1, 0.15) is 18.4 Å². The smallest absolute Gasteiger partial charge is 0.406 e. The molecule has 6 nitrogen and oxygen atoms in total. The average Bonchev–Trinajstić information content (AvgIpc) is 2.97. The highest BCUT2D eigenvalue weighted by Gasteiger charge is 2.72. The zero-order chi connectivity index (χ0) is 18.0. The van der Waals surface area contributed by atoms with E-state index in [1.165, 1.54) is 18.0 Å². The van der Waals surface area contributed by atoms with Crippen molar-refractivity contribution in [1.82, 2.24) is 4.90 Å². The van der Waals surface area contributed by atoms with Crippen LogP contribution in [0.25, 0.3) is 0 Å².